The lowest BCUT2D eigenvalue weighted by Gasteiger charge is -2.13. The topological polar surface area (TPSA) is 74.2 Å². The van der Waals surface area contributed by atoms with E-state index in [9.17, 15) is 9.46 Å². The predicted octanol–water partition coefficient (Wildman–Crippen LogP) is 2.75. The van der Waals surface area contributed by atoms with Crippen molar-refractivity contribution in [3.05, 3.63) is 0 Å². The molecule has 0 unspecified atom stereocenters. The number of phosphoric ester groups is 1. The highest BCUT2D eigenvalue weighted by Gasteiger charge is 2.20. The Hall–Kier alpha value is 0.0300. The molecular formula is C12H27O6P. The molecule has 0 aliphatic carbocycles. The summed E-state index contributed by atoms with van der Waals surface area (Å²) in [7, 11) is -3.93. The average Bonchev–Trinajstić information content (AvgIpc) is 2.27. The molecule has 116 valence electrons. The van der Waals surface area contributed by atoms with Crippen LogP contribution in [0.15, 0.2) is 0 Å². The Kier molecular flexibility index (Phi) is 10.8. The van der Waals surface area contributed by atoms with Gasteiger partial charge in [-0.1, -0.05) is 0 Å². The van der Waals surface area contributed by atoms with Crippen LogP contribution in [-0.4, -0.2) is 43.5 Å². The highest BCUT2D eigenvalue weighted by atomic mass is 31.2. The van der Waals surface area contributed by atoms with Crippen LogP contribution in [0.25, 0.3) is 0 Å². The third kappa shape index (κ3) is 14.3. The van der Waals surface area contributed by atoms with Crippen molar-refractivity contribution in [2.24, 2.45) is 0 Å². The zero-order valence-electron chi connectivity index (χ0n) is 12.3. The van der Waals surface area contributed by atoms with Crippen LogP contribution in [0.3, 0.4) is 0 Å². The number of ether oxygens (including phenoxy) is 2. The SMILES string of the molecule is CC(C)OCCCOP(=O)(O)OCCCOC(C)C. The summed E-state index contributed by atoms with van der Waals surface area (Å²) in [6.45, 7) is 9.01. The summed E-state index contributed by atoms with van der Waals surface area (Å²) in [6.07, 6.45) is 1.42. The van der Waals surface area contributed by atoms with E-state index in [4.69, 9.17) is 18.5 Å². The van der Waals surface area contributed by atoms with Crippen LogP contribution in [0.5, 0.6) is 0 Å². The van der Waals surface area contributed by atoms with Gasteiger partial charge in [0.15, 0.2) is 0 Å². The Morgan fingerprint density at radius 2 is 1.21 bits per heavy atom. The number of phosphoric acid groups is 1. The van der Waals surface area contributed by atoms with Crippen LogP contribution in [0.2, 0.25) is 0 Å². The van der Waals surface area contributed by atoms with Crippen molar-refractivity contribution in [1.82, 2.24) is 0 Å². The van der Waals surface area contributed by atoms with E-state index in [0.717, 1.165) is 0 Å². The second-order valence-corrected chi connectivity index (χ2v) is 6.13. The van der Waals surface area contributed by atoms with Gasteiger partial charge >= 0.3 is 7.82 Å². The molecule has 0 aromatic rings. The van der Waals surface area contributed by atoms with Gasteiger partial charge < -0.3 is 14.4 Å². The van der Waals surface area contributed by atoms with Crippen molar-refractivity contribution in [3.63, 3.8) is 0 Å². The first-order valence-electron chi connectivity index (χ1n) is 6.68. The third-order valence-electron chi connectivity index (χ3n) is 1.99. The summed E-state index contributed by atoms with van der Waals surface area (Å²) in [5, 5.41) is 0. The smallest absolute Gasteiger partial charge is 0.379 e. The first kappa shape index (κ1) is 19.0. The Morgan fingerprint density at radius 3 is 1.53 bits per heavy atom. The molecule has 0 saturated heterocycles. The lowest BCUT2D eigenvalue weighted by molar-refractivity contribution is 0.0570. The van der Waals surface area contributed by atoms with E-state index in [1.54, 1.807) is 0 Å². The lowest BCUT2D eigenvalue weighted by Crippen LogP contribution is -2.08. The van der Waals surface area contributed by atoms with Crippen LogP contribution in [0, 0.1) is 0 Å². The molecule has 19 heavy (non-hydrogen) atoms. The van der Waals surface area contributed by atoms with Crippen LogP contribution in [-0.2, 0) is 23.1 Å². The largest absolute Gasteiger partial charge is 0.472 e. The van der Waals surface area contributed by atoms with Gasteiger partial charge in [-0.2, -0.15) is 0 Å². The zero-order valence-corrected chi connectivity index (χ0v) is 13.2. The van der Waals surface area contributed by atoms with Gasteiger partial charge in [-0.3, -0.25) is 9.05 Å². The van der Waals surface area contributed by atoms with Gasteiger partial charge in [0.25, 0.3) is 0 Å². The fourth-order valence-corrected chi connectivity index (χ4v) is 1.95. The molecule has 7 heteroatoms. The highest BCUT2D eigenvalue weighted by molar-refractivity contribution is 7.47. The number of hydrogen-bond donors (Lipinski definition) is 1. The second-order valence-electron chi connectivity index (χ2n) is 4.68. The van der Waals surface area contributed by atoms with Gasteiger partial charge in [0.1, 0.15) is 0 Å². The van der Waals surface area contributed by atoms with E-state index in [-0.39, 0.29) is 25.4 Å². The summed E-state index contributed by atoms with van der Waals surface area (Å²) < 4.78 is 31.6. The fourth-order valence-electron chi connectivity index (χ4n) is 1.15. The van der Waals surface area contributed by atoms with E-state index in [1.165, 1.54) is 0 Å². The quantitative estimate of drug-likeness (QED) is 0.441. The molecule has 0 fully saturated rings. The predicted molar refractivity (Wildman–Crippen MR) is 73.1 cm³/mol. The molecule has 0 heterocycles. The van der Waals surface area contributed by atoms with Gasteiger partial charge in [-0.25, -0.2) is 4.57 Å². The van der Waals surface area contributed by atoms with Crippen molar-refractivity contribution in [2.75, 3.05) is 26.4 Å². The van der Waals surface area contributed by atoms with Crippen molar-refractivity contribution in [2.45, 2.75) is 52.7 Å². The van der Waals surface area contributed by atoms with Crippen LogP contribution < -0.4 is 0 Å². The summed E-state index contributed by atoms with van der Waals surface area (Å²) in [4.78, 5) is 9.36. The highest BCUT2D eigenvalue weighted by Crippen LogP contribution is 2.43. The van der Waals surface area contributed by atoms with Crippen molar-refractivity contribution in [3.8, 4) is 0 Å². The van der Waals surface area contributed by atoms with Crippen molar-refractivity contribution < 1.29 is 28.0 Å². The molecule has 0 aliphatic rings. The molecule has 0 bridgehead atoms. The Morgan fingerprint density at radius 1 is 0.842 bits per heavy atom. The molecule has 0 atom stereocenters. The molecule has 0 aliphatic heterocycles. The first-order chi connectivity index (χ1) is 8.83. The fraction of sp³-hybridized carbons (Fsp3) is 1.00. The van der Waals surface area contributed by atoms with Gasteiger partial charge in [0.2, 0.25) is 0 Å². The molecule has 1 N–H and O–H groups in total. The lowest BCUT2D eigenvalue weighted by atomic mass is 10.4. The van der Waals surface area contributed by atoms with Gasteiger partial charge in [-0.15, -0.1) is 0 Å². The minimum atomic E-state index is -3.93. The minimum absolute atomic E-state index is 0.142. The van der Waals surface area contributed by atoms with E-state index in [2.05, 4.69) is 0 Å². The average molecular weight is 298 g/mol. The maximum Gasteiger partial charge on any atom is 0.472 e. The van der Waals surface area contributed by atoms with Crippen molar-refractivity contribution >= 4 is 7.82 Å². The Balaban J connectivity index is 3.50. The zero-order chi connectivity index (χ0) is 14.7. The number of hydrogen-bond acceptors (Lipinski definition) is 5. The first-order valence-corrected chi connectivity index (χ1v) is 8.18. The summed E-state index contributed by atoms with van der Waals surface area (Å²) in [6, 6.07) is 0. The molecule has 0 spiro atoms. The van der Waals surface area contributed by atoms with Gasteiger partial charge in [-0.05, 0) is 40.5 Å². The second kappa shape index (κ2) is 10.8. The van der Waals surface area contributed by atoms with Crippen LogP contribution >= 0.6 is 7.82 Å². The summed E-state index contributed by atoms with van der Waals surface area (Å²) in [5.74, 6) is 0. The molecule has 0 aromatic heterocycles. The molecule has 0 saturated carbocycles. The van der Waals surface area contributed by atoms with Gasteiger partial charge in [0, 0.05) is 13.2 Å². The summed E-state index contributed by atoms with van der Waals surface area (Å²) in [5.41, 5.74) is 0. The maximum atomic E-state index is 11.4. The maximum absolute atomic E-state index is 11.4. The van der Waals surface area contributed by atoms with Crippen molar-refractivity contribution in [1.29, 1.82) is 0 Å². The molecule has 0 rings (SSSR count). The van der Waals surface area contributed by atoms with Crippen LogP contribution in [0.4, 0.5) is 0 Å². The molecule has 6 nitrogen and oxygen atoms in total. The minimum Gasteiger partial charge on any atom is -0.379 e. The molecule has 0 aromatic carbocycles. The molecule has 0 amide bonds. The van der Waals surface area contributed by atoms with E-state index >= 15 is 0 Å². The van der Waals surface area contributed by atoms with Gasteiger partial charge in [0.05, 0.1) is 25.4 Å². The van der Waals surface area contributed by atoms with Crippen LogP contribution in [0.1, 0.15) is 40.5 Å². The van der Waals surface area contributed by atoms with E-state index in [0.29, 0.717) is 26.1 Å². The third-order valence-corrected chi connectivity index (χ3v) is 3.01. The van der Waals surface area contributed by atoms with E-state index in [1.807, 2.05) is 27.7 Å². The Labute approximate surface area is 116 Å². The normalized spacial score (nSPS) is 12.6. The summed E-state index contributed by atoms with van der Waals surface area (Å²) >= 11 is 0. The number of rotatable bonds is 12. The standard InChI is InChI=1S/C12H27O6P/c1-11(2)15-7-5-9-17-19(13,14)18-10-6-8-16-12(3)4/h11-12H,5-10H2,1-4H3,(H,13,14). The molecular weight excluding hydrogens is 271 g/mol. The monoisotopic (exact) mass is 298 g/mol. The molecule has 0 radical (unpaired) electrons. The Bertz CT molecular complexity index is 235. The van der Waals surface area contributed by atoms with E-state index < -0.39 is 7.82 Å².